The van der Waals surface area contributed by atoms with Crippen molar-refractivity contribution in [2.75, 3.05) is 13.2 Å². The molecule has 1 aromatic rings. The van der Waals surface area contributed by atoms with Crippen molar-refractivity contribution in [2.45, 2.75) is 13.8 Å². The highest BCUT2D eigenvalue weighted by Gasteiger charge is 1.97. The quantitative estimate of drug-likeness (QED) is 0.613. The molecule has 108 valence electrons. The van der Waals surface area contributed by atoms with E-state index in [-0.39, 0.29) is 0 Å². The predicted octanol–water partition coefficient (Wildman–Crippen LogP) is 3.00. The molecule has 0 aliphatic heterocycles. The fourth-order valence-corrected chi connectivity index (χ4v) is 1.11. The first-order chi connectivity index (χ1) is 9.63. The molecule has 0 unspecified atom stereocenters. The Morgan fingerprint density at radius 1 is 1.00 bits per heavy atom. The zero-order chi connectivity index (χ0) is 15.2. The molecule has 20 heavy (non-hydrogen) atoms. The molecule has 4 heteroatoms. The van der Waals surface area contributed by atoms with Crippen LogP contribution >= 0.6 is 0 Å². The average Bonchev–Trinajstić information content (AvgIpc) is 2.47. The lowest BCUT2D eigenvalue weighted by Crippen LogP contribution is -2.03. The van der Waals surface area contributed by atoms with Gasteiger partial charge < -0.3 is 9.47 Å². The molecule has 0 amide bonds. The van der Waals surface area contributed by atoms with Gasteiger partial charge in [0.15, 0.2) is 0 Å². The Balaban J connectivity index is 0.000000388. The summed E-state index contributed by atoms with van der Waals surface area (Å²) in [7, 11) is 0. The monoisotopic (exact) mass is 276 g/mol. The van der Waals surface area contributed by atoms with E-state index >= 15 is 0 Å². The van der Waals surface area contributed by atoms with Crippen LogP contribution in [0.4, 0.5) is 0 Å². The van der Waals surface area contributed by atoms with Crippen molar-refractivity contribution >= 4 is 18.0 Å². The normalized spacial score (nSPS) is 9.30. The third-order valence-corrected chi connectivity index (χ3v) is 1.96. The summed E-state index contributed by atoms with van der Waals surface area (Å²) < 4.78 is 9.07. The highest BCUT2D eigenvalue weighted by Crippen LogP contribution is 1.97. The van der Waals surface area contributed by atoms with E-state index in [1.165, 1.54) is 5.56 Å². The molecular weight excluding hydrogens is 256 g/mol. The van der Waals surface area contributed by atoms with Gasteiger partial charge in [-0.25, -0.2) is 9.59 Å². The summed E-state index contributed by atoms with van der Waals surface area (Å²) in [5.41, 5.74) is 1.17. The van der Waals surface area contributed by atoms with Crippen LogP contribution in [0.1, 0.15) is 19.4 Å². The Kier molecular flexibility index (Phi) is 10.3. The molecule has 0 aliphatic carbocycles. The second-order valence-electron chi connectivity index (χ2n) is 3.45. The topological polar surface area (TPSA) is 52.6 Å². The van der Waals surface area contributed by atoms with Crippen molar-refractivity contribution in [1.29, 1.82) is 0 Å². The zero-order valence-electron chi connectivity index (χ0n) is 11.9. The lowest BCUT2D eigenvalue weighted by molar-refractivity contribution is -0.140. The number of hydrogen-bond acceptors (Lipinski definition) is 4. The lowest BCUT2D eigenvalue weighted by atomic mass is 10.2. The van der Waals surface area contributed by atoms with Gasteiger partial charge in [0, 0.05) is 12.2 Å². The van der Waals surface area contributed by atoms with Crippen LogP contribution in [0.3, 0.4) is 0 Å². The first-order valence-corrected chi connectivity index (χ1v) is 6.33. The van der Waals surface area contributed by atoms with Crippen LogP contribution in [0, 0.1) is 0 Å². The van der Waals surface area contributed by atoms with Crippen molar-refractivity contribution < 1.29 is 19.1 Å². The third kappa shape index (κ3) is 9.65. The Hall–Kier alpha value is -2.36. The summed E-state index contributed by atoms with van der Waals surface area (Å²) in [5.74, 6) is -1.07. The number of carbonyl (C=O) groups is 2. The van der Waals surface area contributed by atoms with Gasteiger partial charge in [-0.3, -0.25) is 0 Å². The van der Waals surface area contributed by atoms with Gasteiger partial charge in [-0.2, -0.15) is 0 Å². The van der Waals surface area contributed by atoms with Crippen LogP contribution in [0.5, 0.6) is 0 Å². The molecule has 0 bridgehead atoms. The first kappa shape index (κ1) is 17.6. The van der Waals surface area contributed by atoms with Crippen molar-refractivity contribution in [3.63, 3.8) is 0 Å². The fourth-order valence-electron chi connectivity index (χ4n) is 1.11. The number of esters is 2. The third-order valence-electron chi connectivity index (χ3n) is 1.96. The summed E-state index contributed by atoms with van der Waals surface area (Å²) in [4.78, 5) is 21.3. The van der Waals surface area contributed by atoms with E-state index in [1.807, 2.05) is 36.4 Å². The molecule has 0 aliphatic rings. The molecule has 0 radical (unpaired) electrons. The van der Waals surface area contributed by atoms with Crippen LogP contribution in [0.25, 0.3) is 6.08 Å². The number of carbonyl (C=O) groups excluding carboxylic acids is 2. The highest BCUT2D eigenvalue weighted by atomic mass is 16.5. The van der Waals surface area contributed by atoms with Crippen molar-refractivity contribution in [2.24, 2.45) is 0 Å². The maximum Gasteiger partial charge on any atom is 0.330 e. The summed E-state index contributed by atoms with van der Waals surface area (Å²) >= 11 is 0. The van der Waals surface area contributed by atoms with Gasteiger partial charge >= 0.3 is 11.9 Å². The van der Waals surface area contributed by atoms with Crippen molar-refractivity contribution in [3.05, 3.63) is 54.6 Å². The van der Waals surface area contributed by atoms with Gasteiger partial charge in [-0.1, -0.05) is 43.0 Å². The van der Waals surface area contributed by atoms with E-state index < -0.39 is 11.9 Å². The molecule has 0 fully saturated rings. The molecule has 0 heterocycles. The molecule has 1 aromatic carbocycles. The summed E-state index contributed by atoms with van der Waals surface area (Å²) in [6.07, 6.45) is 3.92. The molecule has 0 atom stereocenters. The van der Waals surface area contributed by atoms with E-state index in [1.54, 1.807) is 13.8 Å². The molecule has 1 rings (SSSR count). The second kappa shape index (κ2) is 11.7. The summed E-state index contributed by atoms with van der Waals surface area (Å²) in [6, 6.07) is 10.0. The van der Waals surface area contributed by atoms with E-state index in [0.29, 0.717) is 13.2 Å². The minimum Gasteiger partial charge on any atom is -0.463 e. The number of benzene rings is 1. The largest absolute Gasteiger partial charge is 0.463 e. The van der Waals surface area contributed by atoms with Crippen LogP contribution in [0.2, 0.25) is 0 Å². The molecule has 0 saturated carbocycles. The summed E-state index contributed by atoms with van der Waals surface area (Å²) in [5, 5.41) is 0. The van der Waals surface area contributed by atoms with Gasteiger partial charge in [-0.15, -0.1) is 0 Å². The molecule has 0 saturated heterocycles. The van der Waals surface area contributed by atoms with E-state index in [2.05, 4.69) is 16.1 Å². The first-order valence-electron chi connectivity index (χ1n) is 6.33. The maximum absolute atomic E-state index is 10.6. The second-order valence-corrected chi connectivity index (χ2v) is 3.45. The van der Waals surface area contributed by atoms with E-state index in [9.17, 15) is 9.59 Å². The Bertz CT molecular complexity index is 415. The molecule has 4 nitrogen and oxygen atoms in total. The Labute approximate surface area is 119 Å². The van der Waals surface area contributed by atoms with Crippen molar-refractivity contribution in [3.8, 4) is 0 Å². The predicted molar refractivity (Wildman–Crippen MR) is 78.9 cm³/mol. The maximum atomic E-state index is 10.6. The minimum atomic E-state index is -0.537. The molecular formula is C16H20O4. The van der Waals surface area contributed by atoms with Gasteiger partial charge in [0.25, 0.3) is 0 Å². The van der Waals surface area contributed by atoms with E-state index in [4.69, 9.17) is 0 Å². The average molecular weight is 276 g/mol. The van der Waals surface area contributed by atoms with Crippen LogP contribution in [-0.4, -0.2) is 25.2 Å². The Morgan fingerprint density at radius 2 is 1.45 bits per heavy atom. The molecule has 0 N–H and O–H groups in total. The number of rotatable bonds is 5. The number of ether oxygens (including phenoxy) is 2. The summed E-state index contributed by atoms with van der Waals surface area (Å²) in [6.45, 7) is 7.61. The van der Waals surface area contributed by atoms with Crippen LogP contribution in [-0.2, 0) is 19.1 Å². The van der Waals surface area contributed by atoms with E-state index in [0.717, 1.165) is 12.2 Å². The molecule has 0 spiro atoms. The smallest absolute Gasteiger partial charge is 0.330 e. The van der Waals surface area contributed by atoms with Gasteiger partial charge in [0.1, 0.15) is 0 Å². The SMILES string of the molecule is C=Cc1ccccc1.CCOC(=O)C=CC(=O)OCC. The molecule has 0 aromatic heterocycles. The van der Waals surface area contributed by atoms with Gasteiger partial charge in [0.05, 0.1) is 13.2 Å². The standard InChI is InChI=1S/C8H12O4.C8H8/c1-3-11-7(9)5-6-8(10)12-4-2;1-2-8-6-4-3-5-7-8/h5-6H,3-4H2,1-2H3;2-7H,1H2. The van der Waals surface area contributed by atoms with Gasteiger partial charge in [0.2, 0.25) is 0 Å². The zero-order valence-corrected chi connectivity index (χ0v) is 11.9. The highest BCUT2D eigenvalue weighted by molar-refractivity contribution is 5.91. The van der Waals surface area contributed by atoms with Gasteiger partial charge in [-0.05, 0) is 19.4 Å². The number of hydrogen-bond donors (Lipinski definition) is 0. The minimum absolute atomic E-state index is 0.298. The van der Waals surface area contributed by atoms with Crippen molar-refractivity contribution in [1.82, 2.24) is 0 Å². The van der Waals surface area contributed by atoms with Crippen LogP contribution in [0.15, 0.2) is 49.1 Å². The lowest BCUT2D eigenvalue weighted by Gasteiger charge is -1.95. The Morgan fingerprint density at radius 3 is 1.75 bits per heavy atom. The fraction of sp³-hybridized carbons (Fsp3) is 0.250. The van der Waals surface area contributed by atoms with Crippen LogP contribution < -0.4 is 0 Å².